The van der Waals surface area contributed by atoms with E-state index >= 15 is 0 Å². The predicted octanol–water partition coefficient (Wildman–Crippen LogP) is 6.09. The third kappa shape index (κ3) is 4.87. The van der Waals surface area contributed by atoms with Crippen molar-refractivity contribution in [2.75, 3.05) is 42.7 Å². The van der Waals surface area contributed by atoms with E-state index in [4.69, 9.17) is 37.8 Å². The van der Waals surface area contributed by atoms with E-state index in [9.17, 15) is 0 Å². The van der Waals surface area contributed by atoms with Crippen molar-refractivity contribution in [2.24, 2.45) is 0 Å². The molecule has 0 N–H and O–H groups in total. The zero-order valence-electron chi connectivity index (χ0n) is 22.3. The Balaban J connectivity index is 2.02. The normalized spacial score (nSPS) is 10.7. The maximum absolute atomic E-state index is 6.13. The van der Waals surface area contributed by atoms with Crippen molar-refractivity contribution in [1.82, 2.24) is 4.98 Å². The number of aromatic nitrogens is 1. The molecule has 37 heavy (non-hydrogen) atoms. The molecule has 8 nitrogen and oxygen atoms in total. The first-order chi connectivity index (χ1) is 17.9. The van der Waals surface area contributed by atoms with Gasteiger partial charge in [-0.25, -0.2) is 4.98 Å². The molecule has 1 heterocycles. The van der Waals surface area contributed by atoms with Gasteiger partial charge in [0.2, 0.25) is 17.4 Å². The maximum Gasteiger partial charge on any atom is 0.220 e. The standard InChI is InChI=1S/C29H31NO7/c1-16-9-21-22(10-17(16)2)37-27(30-21)15-20(18-11-23(31-3)28(35-7)24(12-18)32-4)19-13-25(33-5)29(36-8)26(14-19)34-6/h9-15H,1-8H3. The van der Waals surface area contributed by atoms with E-state index in [-0.39, 0.29) is 0 Å². The lowest BCUT2D eigenvalue weighted by Crippen LogP contribution is -2.00. The minimum absolute atomic E-state index is 0.442. The fraction of sp³-hybridized carbons (Fsp3) is 0.276. The number of fused-ring (bicyclic) bond motifs is 1. The van der Waals surface area contributed by atoms with Gasteiger partial charge < -0.3 is 32.8 Å². The van der Waals surface area contributed by atoms with Crippen molar-refractivity contribution in [2.45, 2.75) is 13.8 Å². The lowest BCUT2D eigenvalue weighted by atomic mass is 9.95. The van der Waals surface area contributed by atoms with E-state index in [0.717, 1.165) is 33.3 Å². The number of aryl methyl sites for hydroxylation is 2. The second-order valence-electron chi connectivity index (χ2n) is 8.34. The third-order valence-corrected chi connectivity index (χ3v) is 6.24. The summed E-state index contributed by atoms with van der Waals surface area (Å²) in [5, 5.41) is 0. The van der Waals surface area contributed by atoms with Gasteiger partial charge in [-0.15, -0.1) is 0 Å². The fourth-order valence-corrected chi connectivity index (χ4v) is 4.19. The second kappa shape index (κ2) is 10.7. The highest BCUT2D eigenvalue weighted by Crippen LogP contribution is 2.45. The molecule has 4 aromatic rings. The molecule has 8 heteroatoms. The topological polar surface area (TPSA) is 81.4 Å². The lowest BCUT2D eigenvalue weighted by Gasteiger charge is -2.18. The molecule has 0 aliphatic carbocycles. The Bertz CT molecular complexity index is 1310. The Labute approximate surface area is 216 Å². The number of ether oxygens (including phenoxy) is 6. The van der Waals surface area contributed by atoms with Crippen LogP contribution in [0.1, 0.15) is 28.1 Å². The van der Waals surface area contributed by atoms with E-state index in [1.54, 1.807) is 42.7 Å². The Kier molecular flexibility index (Phi) is 7.47. The quantitative estimate of drug-likeness (QED) is 0.271. The molecule has 0 saturated heterocycles. The molecule has 0 amide bonds. The zero-order chi connectivity index (χ0) is 26.7. The Morgan fingerprint density at radius 3 is 1.46 bits per heavy atom. The maximum atomic E-state index is 6.13. The molecule has 194 valence electrons. The van der Waals surface area contributed by atoms with E-state index < -0.39 is 0 Å². The highest BCUT2D eigenvalue weighted by atomic mass is 16.5. The first kappa shape index (κ1) is 25.8. The van der Waals surface area contributed by atoms with Crippen LogP contribution in [0, 0.1) is 13.8 Å². The molecule has 0 bridgehead atoms. The highest BCUT2D eigenvalue weighted by Gasteiger charge is 2.21. The van der Waals surface area contributed by atoms with Gasteiger partial charge in [0.05, 0.1) is 42.7 Å². The van der Waals surface area contributed by atoms with Crippen molar-refractivity contribution in [3.8, 4) is 34.5 Å². The highest BCUT2D eigenvalue weighted by molar-refractivity contribution is 5.93. The van der Waals surface area contributed by atoms with Gasteiger partial charge in [-0.1, -0.05) is 0 Å². The summed E-state index contributed by atoms with van der Waals surface area (Å²) in [6.45, 7) is 4.10. The van der Waals surface area contributed by atoms with Crippen LogP contribution in [0.3, 0.4) is 0 Å². The number of hydrogen-bond acceptors (Lipinski definition) is 8. The predicted molar refractivity (Wildman–Crippen MR) is 143 cm³/mol. The monoisotopic (exact) mass is 505 g/mol. The average Bonchev–Trinajstić information content (AvgIpc) is 3.30. The van der Waals surface area contributed by atoms with Gasteiger partial charge >= 0.3 is 0 Å². The average molecular weight is 506 g/mol. The molecule has 0 atom stereocenters. The van der Waals surface area contributed by atoms with E-state index in [1.807, 2.05) is 49.4 Å². The summed E-state index contributed by atoms with van der Waals surface area (Å²) >= 11 is 0. The van der Waals surface area contributed by atoms with Crippen molar-refractivity contribution in [1.29, 1.82) is 0 Å². The molecule has 1 aromatic heterocycles. The van der Waals surface area contributed by atoms with E-state index in [2.05, 4.69) is 6.92 Å². The van der Waals surface area contributed by atoms with Crippen LogP contribution in [0.2, 0.25) is 0 Å². The van der Waals surface area contributed by atoms with Gasteiger partial charge in [-0.2, -0.15) is 0 Å². The molecule has 0 unspecified atom stereocenters. The largest absolute Gasteiger partial charge is 0.493 e. The molecule has 4 rings (SSSR count). The van der Waals surface area contributed by atoms with Crippen LogP contribution in [0.25, 0.3) is 22.7 Å². The number of benzene rings is 3. The summed E-state index contributed by atoms with van der Waals surface area (Å²) in [6.07, 6.45) is 1.87. The van der Waals surface area contributed by atoms with Crippen molar-refractivity contribution < 1.29 is 32.8 Å². The number of oxazole rings is 1. The summed E-state index contributed by atoms with van der Waals surface area (Å²) in [5.41, 5.74) is 6.08. The van der Waals surface area contributed by atoms with Crippen LogP contribution in [0.5, 0.6) is 34.5 Å². The van der Waals surface area contributed by atoms with Crippen LogP contribution in [0.15, 0.2) is 40.8 Å². The van der Waals surface area contributed by atoms with E-state index in [1.165, 1.54) is 0 Å². The van der Waals surface area contributed by atoms with Crippen LogP contribution in [-0.4, -0.2) is 47.6 Å². The summed E-state index contributed by atoms with van der Waals surface area (Å²) in [6, 6.07) is 11.5. The molecule has 0 radical (unpaired) electrons. The third-order valence-electron chi connectivity index (χ3n) is 6.24. The molecular weight excluding hydrogens is 474 g/mol. The number of hydrogen-bond donors (Lipinski definition) is 0. The SMILES string of the molecule is COc1cc(C(=Cc2nc3cc(C)c(C)cc3o2)c2cc(OC)c(OC)c(OC)c2)cc(OC)c1OC. The number of rotatable bonds is 9. The molecule has 3 aromatic carbocycles. The second-order valence-corrected chi connectivity index (χ2v) is 8.34. The van der Waals surface area contributed by atoms with Crippen LogP contribution < -0.4 is 28.4 Å². The number of nitrogens with zero attached hydrogens (tertiary/aromatic N) is 1. The summed E-state index contributed by atoms with van der Waals surface area (Å²) < 4.78 is 39.6. The lowest BCUT2D eigenvalue weighted by molar-refractivity contribution is 0.324. The van der Waals surface area contributed by atoms with Gasteiger partial charge in [0.1, 0.15) is 5.52 Å². The van der Waals surface area contributed by atoms with Crippen LogP contribution in [-0.2, 0) is 0 Å². The summed E-state index contributed by atoms with van der Waals surface area (Å²) in [5.74, 6) is 3.48. The van der Waals surface area contributed by atoms with Gasteiger partial charge in [0, 0.05) is 6.08 Å². The summed E-state index contributed by atoms with van der Waals surface area (Å²) in [4.78, 5) is 4.73. The summed E-state index contributed by atoms with van der Waals surface area (Å²) in [7, 11) is 9.45. The van der Waals surface area contributed by atoms with Gasteiger partial charge in [-0.05, 0) is 78.1 Å². The molecule has 0 spiro atoms. The van der Waals surface area contributed by atoms with Crippen LogP contribution in [0.4, 0.5) is 0 Å². The molecule has 0 aliphatic heterocycles. The van der Waals surface area contributed by atoms with Crippen molar-refractivity contribution in [3.63, 3.8) is 0 Å². The first-order valence-electron chi connectivity index (χ1n) is 11.6. The fourth-order valence-electron chi connectivity index (χ4n) is 4.19. The Hall–Kier alpha value is -4.33. The number of methoxy groups -OCH3 is 6. The van der Waals surface area contributed by atoms with Crippen molar-refractivity contribution >= 4 is 22.7 Å². The van der Waals surface area contributed by atoms with Crippen LogP contribution >= 0.6 is 0 Å². The minimum Gasteiger partial charge on any atom is -0.493 e. The molecule has 0 aliphatic rings. The Morgan fingerprint density at radius 1 is 0.622 bits per heavy atom. The van der Waals surface area contributed by atoms with Gasteiger partial charge in [0.25, 0.3) is 0 Å². The van der Waals surface area contributed by atoms with Gasteiger partial charge in [0.15, 0.2) is 28.6 Å². The first-order valence-corrected chi connectivity index (χ1v) is 11.6. The smallest absolute Gasteiger partial charge is 0.220 e. The van der Waals surface area contributed by atoms with Gasteiger partial charge in [-0.3, -0.25) is 0 Å². The Morgan fingerprint density at radius 2 is 1.05 bits per heavy atom. The minimum atomic E-state index is 0.442. The molecule has 0 fully saturated rings. The van der Waals surface area contributed by atoms with Crippen molar-refractivity contribution in [3.05, 3.63) is 64.5 Å². The van der Waals surface area contributed by atoms with E-state index in [0.29, 0.717) is 46.0 Å². The zero-order valence-corrected chi connectivity index (χ0v) is 22.3. The molecule has 0 saturated carbocycles. The molecular formula is C29H31NO7.